The highest BCUT2D eigenvalue weighted by Crippen LogP contribution is 2.33. The van der Waals surface area contributed by atoms with Crippen LogP contribution in [0.1, 0.15) is 0 Å². The molecule has 0 aliphatic carbocycles. The van der Waals surface area contributed by atoms with Gasteiger partial charge in [-0.2, -0.15) is 105 Å². The zero-order valence-electron chi connectivity index (χ0n) is 40.5. The van der Waals surface area contributed by atoms with E-state index in [1.54, 1.807) is 58.2 Å². The summed E-state index contributed by atoms with van der Waals surface area (Å²) < 4.78 is 0. The average molecular weight is 970 g/mol. The molecule has 360 valence electrons. The number of guanidine groups is 20. The number of nitrogens with zero attached hydrogens (tertiary/aromatic N) is 33. The lowest BCUT2D eigenvalue weighted by Crippen LogP contribution is -2.55. The largest absolute Gasteiger partial charge is 0.377 e. The minimum Gasteiger partial charge on any atom is -0.377 e. The van der Waals surface area contributed by atoms with Crippen molar-refractivity contribution in [1.29, 1.82) is 0 Å². The van der Waals surface area contributed by atoms with E-state index in [0.29, 0.717) is 29.4 Å². The summed E-state index contributed by atoms with van der Waals surface area (Å²) in [6, 6.07) is 0. The highest BCUT2D eigenvalue weighted by atomic mass is 15.6. The predicted octanol–water partition coefficient (Wildman–Crippen LogP) is -2.53. The second-order valence-corrected chi connectivity index (χ2v) is 17.6. The third-order valence-corrected chi connectivity index (χ3v) is 11.5. The second kappa shape index (κ2) is 14.7. The van der Waals surface area contributed by atoms with Crippen molar-refractivity contribution in [1.82, 2.24) is 58.8 Å². The number of allylic oxidation sites excluding steroid dienone is 2. The van der Waals surface area contributed by atoms with Gasteiger partial charge in [-0.25, -0.2) is 19.6 Å². The smallest absolute Gasteiger partial charge is 0.246 e. The van der Waals surface area contributed by atoms with Crippen LogP contribution in [0, 0.1) is 0 Å². The molecule has 33 heteroatoms. The van der Waals surface area contributed by atoms with Crippen LogP contribution in [0.4, 0.5) is 0 Å². The van der Waals surface area contributed by atoms with E-state index in [9.17, 15) is 0 Å². The number of amidine groups is 1. The molecule has 72 heavy (non-hydrogen) atoms. The molecule has 9 bridgehead atoms. The molecule has 13 aliphatic heterocycles. The van der Waals surface area contributed by atoms with E-state index in [4.69, 9.17) is 105 Å². The van der Waals surface area contributed by atoms with Crippen LogP contribution in [0.2, 0.25) is 0 Å². The fraction of sp³-hybridized carbons (Fsp3) is 0.308. The van der Waals surface area contributed by atoms with Crippen molar-refractivity contribution in [3.05, 3.63) is 35.4 Å². The summed E-state index contributed by atoms with van der Waals surface area (Å²) in [7, 11) is 21.9. The monoisotopic (exact) mass is 969 g/mol. The van der Waals surface area contributed by atoms with Gasteiger partial charge in [-0.3, -0.25) is 14.7 Å². The summed E-state index contributed by atoms with van der Waals surface area (Å²) in [6.07, 6.45) is 5.74. The first-order valence-electron chi connectivity index (χ1n) is 21.9. The van der Waals surface area contributed by atoms with Gasteiger partial charge >= 0.3 is 0 Å². The van der Waals surface area contributed by atoms with Gasteiger partial charge in [0.2, 0.25) is 119 Å². The summed E-state index contributed by atoms with van der Waals surface area (Å²) >= 11 is 0. The van der Waals surface area contributed by atoms with Crippen molar-refractivity contribution < 1.29 is 0 Å². The average Bonchev–Trinajstić information content (AvgIpc) is 3.34. The van der Waals surface area contributed by atoms with Gasteiger partial charge in [0.25, 0.3) is 0 Å². The molecule has 0 fully saturated rings. The molecular formula is C39H39N33. The van der Waals surface area contributed by atoms with Crippen LogP contribution in [-0.2, 0) is 0 Å². The van der Waals surface area contributed by atoms with Gasteiger partial charge in [-0.15, -0.1) is 0 Å². The molecule has 0 saturated heterocycles. The third kappa shape index (κ3) is 6.28. The minimum atomic E-state index is -0.0114. The maximum Gasteiger partial charge on any atom is 0.246 e. The van der Waals surface area contributed by atoms with E-state index >= 15 is 0 Å². The summed E-state index contributed by atoms with van der Waals surface area (Å²) in [5, 5.41) is 0. The molecule has 13 heterocycles. The molecule has 0 radical (unpaired) electrons. The Morgan fingerprint density at radius 1 is 0.264 bits per heavy atom. The maximum absolute atomic E-state index is 5.24. The van der Waals surface area contributed by atoms with E-state index < -0.39 is 0 Å². The van der Waals surface area contributed by atoms with Crippen molar-refractivity contribution in [2.75, 3.05) is 84.6 Å². The highest BCUT2D eigenvalue weighted by molar-refractivity contribution is 6.36. The van der Waals surface area contributed by atoms with Crippen molar-refractivity contribution in [2.24, 2.45) is 105 Å². The van der Waals surface area contributed by atoms with Crippen LogP contribution < -0.4 is 0 Å². The Hall–Kier alpha value is -10.1. The first-order chi connectivity index (χ1) is 34.5. The van der Waals surface area contributed by atoms with Crippen LogP contribution in [-0.4, -0.2) is 268 Å². The minimum absolute atomic E-state index is 0.00758. The second-order valence-electron chi connectivity index (χ2n) is 17.6. The van der Waals surface area contributed by atoms with Gasteiger partial charge in [0, 0.05) is 102 Å². The molecule has 0 unspecified atom stereocenters. The lowest BCUT2D eigenvalue weighted by molar-refractivity contribution is 0.522. The van der Waals surface area contributed by atoms with Crippen LogP contribution in [0.25, 0.3) is 0 Å². The molecule has 33 nitrogen and oxygen atoms in total. The lowest BCUT2D eigenvalue weighted by atomic mass is 10.1. The van der Waals surface area contributed by atoms with Gasteiger partial charge in [0.05, 0.1) is 5.70 Å². The summed E-state index contributed by atoms with van der Waals surface area (Å²) in [5.41, 5.74) is 1.46. The third-order valence-electron chi connectivity index (χ3n) is 11.5. The van der Waals surface area contributed by atoms with E-state index in [1.165, 1.54) is 4.90 Å². The maximum atomic E-state index is 5.24. The molecule has 0 spiro atoms. The Balaban J connectivity index is 1.09. The van der Waals surface area contributed by atoms with Crippen molar-refractivity contribution in [3.8, 4) is 0 Å². The molecule has 0 aromatic heterocycles. The zero-order valence-corrected chi connectivity index (χ0v) is 40.5. The normalized spacial score (nSPS) is 22.6. The Labute approximate surface area is 407 Å². The van der Waals surface area contributed by atoms with Crippen LogP contribution in [0.15, 0.2) is 140 Å². The van der Waals surface area contributed by atoms with E-state index in [0.717, 1.165) is 5.70 Å². The Bertz CT molecular complexity index is 3390. The highest BCUT2D eigenvalue weighted by Gasteiger charge is 2.45. The molecule has 0 saturated carbocycles. The summed E-state index contributed by atoms with van der Waals surface area (Å²) in [6.45, 7) is 0. The number of likely N-dealkylation sites (N-methyl/N-ethyl adjacent to an activating group) is 1. The molecule has 0 aromatic rings. The molecule has 13 aliphatic rings. The van der Waals surface area contributed by atoms with Crippen molar-refractivity contribution in [2.45, 2.75) is 0 Å². The Morgan fingerprint density at radius 2 is 0.556 bits per heavy atom. The Morgan fingerprint density at radius 3 is 0.931 bits per heavy atom. The number of hydrogen-bond donors (Lipinski definition) is 0. The SMILES string of the molecule is CN(C)C1=CC2=NC3=NC4=NC(=CC(=C1)N24)N(C1=NC2=NC(N(C)C)=NC4=NC(N(C)C)=NC(=N1)N42)C1=NC2=NC(N(C)C)=NC4=NC(=NC(=N1)N24)N(C)C1=NC2=NC(N(C)C)=NC4=NC(=NC(=N1)N24)N3C. The first kappa shape index (κ1) is 42.0. The van der Waals surface area contributed by atoms with Gasteiger partial charge < -0.3 is 24.5 Å². The fourth-order valence-electron chi connectivity index (χ4n) is 7.81. The van der Waals surface area contributed by atoms with Gasteiger partial charge in [0.15, 0.2) is 0 Å². The number of aliphatic imine (C=N–C) groups is 21. The van der Waals surface area contributed by atoms with Crippen LogP contribution in [0.3, 0.4) is 0 Å². The van der Waals surface area contributed by atoms with E-state index in [-0.39, 0.29) is 107 Å². The Kier molecular flexibility index (Phi) is 8.58. The molecule has 0 N–H and O–H groups in total. The van der Waals surface area contributed by atoms with Gasteiger partial charge in [0.1, 0.15) is 11.7 Å². The number of fused-ring (bicyclic) bond motifs is 3. The van der Waals surface area contributed by atoms with Crippen molar-refractivity contribution in [3.63, 3.8) is 0 Å². The molecule has 0 atom stereocenters. The number of rotatable bonds is 1. The first-order valence-corrected chi connectivity index (χ1v) is 21.9. The molecular weight excluding hydrogens is 931 g/mol. The molecule has 0 aromatic carbocycles. The molecule has 13 rings (SSSR count). The summed E-state index contributed by atoms with van der Waals surface area (Å²) in [4.78, 5) is 124. The quantitative estimate of drug-likeness (QED) is 0.263. The van der Waals surface area contributed by atoms with Gasteiger partial charge in [-0.05, 0) is 6.08 Å². The summed E-state index contributed by atoms with van der Waals surface area (Å²) in [5.74, 6) is 4.34. The van der Waals surface area contributed by atoms with E-state index in [2.05, 4.69) is 0 Å². The van der Waals surface area contributed by atoms with Crippen LogP contribution in [0.5, 0.6) is 0 Å². The fourth-order valence-corrected chi connectivity index (χ4v) is 7.81. The van der Waals surface area contributed by atoms with Crippen molar-refractivity contribution >= 4 is 125 Å². The molecule has 0 amide bonds. The number of hydrogen-bond acceptors (Lipinski definition) is 33. The predicted molar refractivity (Wildman–Crippen MR) is 274 cm³/mol. The standard InChI is InChI=1S/C39H39N33/c1-61(2)16-13-17-15-19-41-28-50-24(40-18(14-16)68(17)28)66(11)25-51-32-44-22(64(7)8)45-33-52-26(55-38(54-25)71(32)33)67(12)27-53-34-46-23(65(9)10)49-37-59-30(60-39(56-27)72(34)37)69(19)29-57-35-47-20(62(3)4)42-31-43-21(63(5)6)48-36(58-29)70(31)35/h13-15H,1-12H3. The van der Waals surface area contributed by atoms with Gasteiger partial charge in [-0.1, -0.05) is 0 Å². The zero-order chi connectivity index (χ0) is 49.8. The topological polar surface area (TPSA) is 298 Å². The van der Waals surface area contributed by atoms with E-state index in [1.807, 2.05) is 98.5 Å². The van der Waals surface area contributed by atoms with Crippen LogP contribution >= 0.6 is 0 Å². The lowest BCUT2D eigenvalue weighted by Gasteiger charge is -2.39.